The van der Waals surface area contributed by atoms with E-state index in [2.05, 4.69) is 40.0 Å². The van der Waals surface area contributed by atoms with Crippen molar-refractivity contribution in [2.45, 2.75) is 58.8 Å². The number of aryl methyl sites for hydroxylation is 2. The molecule has 1 aliphatic carbocycles. The second-order valence-corrected chi connectivity index (χ2v) is 9.80. The topological polar surface area (TPSA) is 95.0 Å². The van der Waals surface area contributed by atoms with Gasteiger partial charge in [-0.2, -0.15) is 0 Å². The molecule has 1 aliphatic heterocycles. The Morgan fingerprint density at radius 1 is 1.16 bits per heavy atom. The van der Waals surface area contributed by atoms with Gasteiger partial charge in [0, 0.05) is 37.0 Å². The molecule has 0 radical (unpaired) electrons. The average molecular weight is 434 g/mol. The fourth-order valence-corrected chi connectivity index (χ4v) is 5.61. The quantitative estimate of drug-likeness (QED) is 0.608. The van der Waals surface area contributed by atoms with Crippen LogP contribution < -0.4 is 4.90 Å². The number of hydrogen-bond acceptors (Lipinski definition) is 5. The SMILES string of the molecule is Cc1cc(C)c2nc(-c3ccc(N4CCC5(CCC(CC(=O)O)CC5)CC4)nc3)[nH]c2n1. The number of piperidine rings is 1. The Kier molecular flexibility index (Phi) is 5.35. The van der Waals surface area contributed by atoms with Crippen LogP contribution in [0.15, 0.2) is 24.4 Å². The zero-order valence-electron chi connectivity index (χ0n) is 18.9. The number of aliphatic carboxylic acids is 1. The molecule has 2 aliphatic rings. The molecule has 0 unspecified atom stereocenters. The third-order valence-electron chi connectivity index (χ3n) is 7.57. The monoisotopic (exact) mass is 433 g/mol. The molecule has 7 nitrogen and oxygen atoms in total. The first kappa shape index (κ1) is 20.9. The molecule has 3 aromatic heterocycles. The summed E-state index contributed by atoms with van der Waals surface area (Å²) in [4.78, 5) is 30.8. The van der Waals surface area contributed by atoms with Crippen LogP contribution in [0.25, 0.3) is 22.6 Å². The molecule has 0 amide bonds. The number of fused-ring (bicyclic) bond motifs is 1. The molecule has 0 atom stereocenters. The number of aromatic amines is 1. The van der Waals surface area contributed by atoms with Gasteiger partial charge in [-0.1, -0.05) is 0 Å². The van der Waals surface area contributed by atoms with E-state index < -0.39 is 5.97 Å². The predicted molar refractivity (Wildman–Crippen MR) is 125 cm³/mol. The lowest BCUT2D eigenvalue weighted by Crippen LogP contribution is -2.42. The molecular weight excluding hydrogens is 402 g/mol. The van der Waals surface area contributed by atoms with Crippen LogP contribution in [-0.2, 0) is 4.79 Å². The maximum Gasteiger partial charge on any atom is 0.303 e. The zero-order valence-corrected chi connectivity index (χ0v) is 18.9. The molecule has 7 heteroatoms. The van der Waals surface area contributed by atoms with Crippen LogP contribution in [0.4, 0.5) is 5.82 Å². The summed E-state index contributed by atoms with van der Waals surface area (Å²) in [6.07, 6.45) is 9.04. The summed E-state index contributed by atoms with van der Waals surface area (Å²) in [7, 11) is 0. The summed E-state index contributed by atoms with van der Waals surface area (Å²) in [6, 6.07) is 6.23. The van der Waals surface area contributed by atoms with Crippen molar-refractivity contribution in [1.29, 1.82) is 0 Å². The number of rotatable bonds is 4. The lowest BCUT2D eigenvalue weighted by molar-refractivity contribution is -0.138. The highest BCUT2D eigenvalue weighted by molar-refractivity contribution is 5.79. The van der Waals surface area contributed by atoms with Crippen molar-refractivity contribution in [2.24, 2.45) is 11.3 Å². The Morgan fingerprint density at radius 3 is 2.56 bits per heavy atom. The zero-order chi connectivity index (χ0) is 22.3. The van der Waals surface area contributed by atoms with Crippen molar-refractivity contribution >= 4 is 23.0 Å². The second-order valence-electron chi connectivity index (χ2n) is 9.80. The van der Waals surface area contributed by atoms with E-state index >= 15 is 0 Å². The summed E-state index contributed by atoms with van der Waals surface area (Å²) in [6.45, 7) is 6.09. The van der Waals surface area contributed by atoms with E-state index in [0.717, 1.165) is 65.6 Å². The fourth-order valence-electron chi connectivity index (χ4n) is 5.61. The Hall–Kier alpha value is -2.96. The summed E-state index contributed by atoms with van der Waals surface area (Å²) in [5, 5.41) is 9.06. The number of H-pyrrole nitrogens is 1. The second kappa shape index (κ2) is 8.19. The molecule has 4 heterocycles. The van der Waals surface area contributed by atoms with Crippen LogP contribution >= 0.6 is 0 Å². The molecule has 32 heavy (non-hydrogen) atoms. The summed E-state index contributed by atoms with van der Waals surface area (Å²) >= 11 is 0. The van der Waals surface area contributed by atoms with Crippen LogP contribution in [0.3, 0.4) is 0 Å². The molecule has 0 aromatic carbocycles. The smallest absolute Gasteiger partial charge is 0.303 e. The maximum absolute atomic E-state index is 11.0. The number of hydrogen-bond donors (Lipinski definition) is 2. The van der Waals surface area contributed by atoms with Gasteiger partial charge in [-0.3, -0.25) is 4.79 Å². The number of imidazole rings is 1. The van der Waals surface area contributed by atoms with Crippen molar-refractivity contribution in [3.05, 3.63) is 35.7 Å². The van der Waals surface area contributed by atoms with Gasteiger partial charge in [0.1, 0.15) is 17.2 Å². The predicted octanol–water partition coefficient (Wildman–Crippen LogP) is 4.89. The van der Waals surface area contributed by atoms with Crippen molar-refractivity contribution in [3.63, 3.8) is 0 Å². The molecule has 1 saturated carbocycles. The van der Waals surface area contributed by atoms with Crippen LogP contribution in [0, 0.1) is 25.2 Å². The van der Waals surface area contributed by atoms with E-state index in [-0.39, 0.29) is 0 Å². The molecule has 3 aromatic rings. The number of carboxylic acid groups (broad SMARTS) is 1. The van der Waals surface area contributed by atoms with Gasteiger partial charge in [-0.15, -0.1) is 0 Å². The Morgan fingerprint density at radius 2 is 1.91 bits per heavy atom. The normalized spacial score (nSPS) is 19.0. The molecule has 0 bridgehead atoms. The highest BCUT2D eigenvalue weighted by Gasteiger charge is 2.38. The summed E-state index contributed by atoms with van der Waals surface area (Å²) in [5.74, 6) is 1.53. The number of pyridine rings is 2. The van der Waals surface area contributed by atoms with Crippen molar-refractivity contribution in [1.82, 2.24) is 19.9 Å². The van der Waals surface area contributed by atoms with Crippen molar-refractivity contribution < 1.29 is 9.90 Å². The van der Waals surface area contributed by atoms with Gasteiger partial charge >= 0.3 is 5.97 Å². The highest BCUT2D eigenvalue weighted by atomic mass is 16.4. The third kappa shape index (κ3) is 4.08. The first-order valence-electron chi connectivity index (χ1n) is 11.7. The van der Waals surface area contributed by atoms with E-state index in [1.54, 1.807) is 0 Å². The summed E-state index contributed by atoms with van der Waals surface area (Å²) < 4.78 is 0. The number of nitrogens with zero attached hydrogens (tertiary/aromatic N) is 4. The van der Waals surface area contributed by atoms with E-state index in [1.165, 1.54) is 25.7 Å². The minimum atomic E-state index is -0.653. The largest absolute Gasteiger partial charge is 0.481 e. The Labute approximate surface area is 188 Å². The highest BCUT2D eigenvalue weighted by Crippen LogP contribution is 2.47. The van der Waals surface area contributed by atoms with E-state index in [4.69, 9.17) is 15.1 Å². The lowest BCUT2D eigenvalue weighted by Gasteiger charge is -2.46. The maximum atomic E-state index is 11.0. The Bertz CT molecular complexity index is 1120. The Balaban J connectivity index is 1.23. The molecule has 1 saturated heterocycles. The first-order chi connectivity index (χ1) is 15.4. The molecule has 168 valence electrons. The molecule has 5 rings (SSSR count). The van der Waals surface area contributed by atoms with Gasteiger partial charge in [-0.25, -0.2) is 15.0 Å². The van der Waals surface area contributed by atoms with Gasteiger partial charge < -0.3 is 15.0 Å². The first-order valence-corrected chi connectivity index (χ1v) is 11.7. The van der Waals surface area contributed by atoms with Crippen LogP contribution in [0.2, 0.25) is 0 Å². The number of nitrogens with one attached hydrogen (secondary N) is 1. The summed E-state index contributed by atoms with van der Waals surface area (Å²) in [5.41, 5.74) is 5.21. The van der Waals surface area contributed by atoms with Gasteiger partial charge in [0.2, 0.25) is 0 Å². The van der Waals surface area contributed by atoms with Crippen LogP contribution in [0.1, 0.15) is 56.2 Å². The van der Waals surface area contributed by atoms with Gasteiger partial charge in [-0.05, 0) is 87.5 Å². The minimum Gasteiger partial charge on any atom is -0.481 e. The molecular formula is C25H31N5O2. The fraction of sp³-hybridized carbons (Fsp3) is 0.520. The average Bonchev–Trinajstić information content (AvgIpc) is 3.20. The molecule has 2 fully saturated rings. The lowest BCUT2D eigenvalue weighted by atomic mass is 9.65. The number of aromatic nitrogens is 4. The number of anilines is 1. The van der Waals surface area contributed by atoms with Crippen LogP contribution in [-0.4, -0.2) is 44.1 Å². The van der Waals surface area contributed by atoms with Gasteiger partial charge in [0.25, 0.3) is 0 Å². The van der Waals surface area contributed by atoms with E-state index in [9.17, 15) is 4.79 Å². The number of carboxylic acids is 1. The third-order valence-corrected chi connectivity index (χ3v) is 7.57. The minimum absolute atomic E-state index is 0.332. The molecule has 2 N–H and O–H groups in total. The van der Waals surface area contributed by atoms with Gasteiger partial charge in [0.05, 0.1) is 0 Å². The van der Waals surface area contributed by atoms with Crippen molar-refractivity contribution in [2.75, 3.05) is 18.0 Å². The van der Waals surface area contributed by atoms with E-state index in [1.807, 2.05) is 13.1 Å². The van der Waals surface area contributed by atoms with Crippen LogP contribution in [0.5, 0.6) is 0 Å². The van der Waals surface area contributed by atoms with Gasteiger partial charge in [0.15, 0.2) is 5.65 Å². The molecule has 1 spiro atoms. The van der Waals surface area contributed by atoms with E-state index in [0.29, 0.717) is 17.8 Å². The number of carbonyl (C=O) groups is 1. The van der Waals surface area contributed by atoms with Crippen molar-refractivity contribution in [3.8, 4) is 11.4 Å². The standard InChI is InChI=1S/C25H31N5O2/c1-16-13-17(2)27-24-22(16)28-23(29-24)19-3-4-20(26-15-19)30-11-9-25(10-12-30)7-5-18(6-8-25)14-21(31)32/h3-4,13,15,18H,5-12,14H2,1-2H3,(H,31,32)(H,27,28,29).